The Labute approximate surface area is 131 Å². The van der Waals surface area contributed by atoms with Gasteiger partial charge in [-0.25, -0.2) is 4.98 Å². The van der Waals surface area contributed by atoms with Crippen LogP contribution in [0.1, 0.15) is 24.8 Å². The fraction of sp³-hybridized carbons (Fsp3) is 0.500. The number of allylic oxidation sites excluding steroid dienone is 2. The minimum absolute atomic E-state index is 0.0464. The number of aromatic nitrogens is 1. The monoisotopic (exact) mass is 326 g/mol. The third-order valence-corrected chi connectivity index (χ3v) is 4.13. The van der Waals surface area contributed by atoms with Crippen molar-refractivity contribution in [3.63, 3.8) is 0 Å². The molecule has 1 unspecified atom stereocenters. The number of hydrogen-bond donors (Lipinski definition) is 0. The zero-order chi connectivity index (χ0) is 16.4. The van der Waals surface area contributed by atoms with Gasteiger partial charge in [-0.1, -0.05) is 12.2 Å². The van der Waals surface area contributed by atoms with Crippen molar-refractivity contribution in [2.75, 3.05) is 13.1 Å². The largest absolute Gasteiger partial charge is 0.471 e. The molecule has 7 heteroatoms. The van der Waals surface area contributed by atoms with Gasteiger partial charge in [-0.2, -0.15) is 13.2 Å². The average molecular weight is 326 g/mol. The number of carbonyl (C=O) groups excluding carboxylic acids is 1. The molecule has 2 aliphatic rings. The van der Waals surface area contributed by atoms with Crippen LogP contribution in [0.5, 0.6) is 5.88 Å². The molecule has 1 atom stereocenters. The Morgan fingerprint density at radius 3 is 2.61 bits per heavy atom. The van der Waals surface area contributed by atoms with E-state index in [9.17, 15) is 18.0 Å². The summed E-state index contributed by atoms with van der Waals surface area (Å²) >= 11 is 0. The standard InChI is InChI=1S/C16H17F3N2O2/c17-16(18,19)12-6-7-14(20-8-12)23-13-9-21(10-13)15(22)11-4-2-1-3-5-11/h1-2,6-8,11,13H,3-5,9-10H2. The number of ether oxygens (including phenoxy) is 1. The first-order chi connectivity index (χ1) is 10.9. The Hall–Kier alpha value is -2.05. The number of hydrogen-bond acceptors (Lipinski definition) is 3. The van der Waals surface area contributed by atoms with E-state index in [-0.39, 0.29) is 23.8 Å². The fourth-order valence-corrected chi connectivity index (χ4v) is 2.76. The lowest BCUT2D eigenvalue weighted by molar-refractivity contribution is -0.145. The molecule has 1 fully saturated rings. The van der Waals surface area contributed by atoms with Crippen molar-refractivity contribution in [1.29, 1.82) is 0 Å². The fourth-order valence-electron chi connectivity index (χ4n) is 2.76. The predicted octanol–water partition coefficient (Wildman–Crippen LogP) is 3.05. The lowest BCUT2D eigenvalue weighted by Crippen LogP contribution is -2.57. The van der Waals surface area contributed by atoms with Crippen LogP contribution in [0, 0.1) is 5.92 Å². The lowest BCUT2D eigenvalue weighted by Gasteiger charge is -2.40. The van der Waals surface area contributed by atoms with Crippen LogP contribution in [0.15, 0.2) is 30.5 Å². The maximum Gasteiger partial charge on any atom is 0.417 e. The molecule has 1 aliphatic heterocycles. The zero-order valence-electron chi connectivity index (χ0n) is 12.4. The van der Waals surface area contributed by atoms with Gasteiger partial charge in [-0.3, -0.25) is 4.79 Å². The molecule has 1 aliphatic carbocycles. The number of amides is 1. The minimum Gasteiger partial charge on any atom is -0.471 e. The van der Waals surface area contributed by atoms with Crippen LogP contribution < -0.4 is 4.74 Å². The number of nitrogens with zero attached hydrogens (tertiary/aromatic N) is 2. The summed E-state index contributed by atoms with van der Waals surface area (Å²) < 4.78 is 42.8. The summed E-state index contributed by atoms with van der Waals surface area (Å²) in [5, 5.41) is 0. The van der Waals surface area contributed by atoms with Gasteiger partial charge in [-0.05, 0) is 25.3 Å². The molecular formula is C16H17F3N2O2. The van der Waals surface area contributed by atoms with Gasteiger partial charge in [0.1, 0.15) is 6.10 Å². The molecule has 1 aromatic heterocycles. The van der Waals surface area contributed by atoms with Crippen molar-refractivity contribution in [1.82, 2.24) is 9.88 Å². The van der Waals surface area contributed by atoms with Crippen molar-refractivity contribution in [3.8, 4) is 5.88 Å². The number of likely N-dealkylation sites (tertiary alicyclic amines) is 1. The SMILES string of the molecule is O=C(C1CC=CCC1)N1CC(Oc2ccc(C(F)(F)F)cn2)C1. The molecule has 124 valence electrons. The number of pyridine rings is 1. The van der Waals surface area contributed by atoms with E-state index in [2.05, 4.69) is 11.1 Å². The van der Waals surface area contributed by atoms with Crippen LogP contribution in [0.4, 0.5) is 13.2 Å². The van der Waals surface area contributed by atoms with Gasteiger partial charge < -0.3 is 9.64 Å². The summed E-state index contributed by atoms with van der Waals surface area (Å²) in [5.74, 6) is 0.329. The summed E-state index contributed by atoms with van der Waals surface area (Å²) in [4.78, 5) is 17.6. The molecule has 0 aromatic carbocycles. The Morgan fingerprint density at radius 1 is 1.26 bits per heavy atom. The summed E-state index contributed by atoms with van der Waals surface area (Å²) in [6.45, 7) is 0.920. The second kappa shape index (κ2) is 6.22. The second-order valence-corrected chi connectivity index (χ2v) is 5.85. The first kappa shape index (κ1) is 15.8. The van der Waals surface area contributed by atoms with E-state index in [4.69, 9.17) is 4.74 Å². The first-order valence-corrected chi connectivity index (χ1v) is 7.57. The Morgan fingerprint density at radius 2 is 2.04 bits per heavy atom. The van der Waals surface area contributed by atoms with Crippen molar-refractivity contribution >= 4 is 5.91 Å². The zero-order valence-corrected chi connectivity index (χ0v) is 12.4. The van der Waals surface area contributed by atoms with Crippen molar-refractivity contribution in [2.45, 2.75) is 31.5 Å². The van der Waals surface area contributed by atoms with Gasteiger partial charge in [0.2, 0.25) is 11.8 Å². The smallest absolute Gasteiger partial charge is 0.417 e. The molecular weight excluding hydrogens is 309 g/mol. The normalized spacial score (nSPS) is 21.9. The van der Waals surface area contributed by atoms with Gasteiger partial charge >= 0.3 is 6.18 Å². The maximum absolute atomic E-state index is 12.4. The first-order valence-electron chi connectivity index (χ1n) is 7.57. The van der Waals surface area contributed by atoms with Crippen LogP contribution in [0.25, 0.3) is 0 Å². The van der Waals surface area contributed by atoms with Crippen LogP contribution in [-0.4, -0.2) is 35.0 Å². The van der Waals surface area contributed by atoms with E-state index in [1.165, 1.54) is 6.07 Å². The Balaban J connectivity index is 1.48. The summed E-state index contributed by atoms with van der Waals surface area (Å²) in [5.41, 5.74) is -0.805. The van der Waals surface area contributed by atoms with Crippen LogP contribution in [0.3, 0.4) is 0 Å². The van der Waals surface area contributed by atoms with Crippen LogP contribution in [-0.2, 0) is 11.0 Å². The predicted molar refractivity (Wildman–Crippen MR) is 76.7 cm³/mol. The molecule has 3 rings (SSSR count). The van der Waals surface area contributed by atoms with E-state index in [1.807, 2.05) is 6.08 Å². The summed E-state index contributed by atoms with van der Waals surface area (Å²) in [6.07, 6.45) is 2.85. The van der Waals surface area contributed by atoms with Crippen LogP contribution in [0.2, 0.25) is 0 Å². The van der Waals surface area contributed by atoms with Crippen LogP contribution >= 0.6 is 0 Å². The maximum atomic E-state index is 12.4. The third kappa shape index (κ3) is 3.65. The number of alkyl halides is 3. The quantitative estimate of drug-likeness (QED) is 0.802. The van der Waals surface area contributed by atoms with E-state index in [0.717, 1.165) is 31.5 Å². The van der Waals surface area contributed by atoms with Gasteiger partial charge in [0, 0.05) is 18.2 Å². The summed E-state index contributed by atoms with van der Waals surface area (Å²) in [6, 6.07) is 2.15. The Kier molecular flexibility index (Phi) is 4.28. The van der Waals surface area contributed by atoms with Gasteiger partial charge in [0.25, 0.3) is 0 Å². The van der Waals surface area contributed by atoms with E-state index >= 15 is 0 Å². The molecule has 1 saturated heterocycles. The number of rotatable bonds is 3. The molecule has 0 saturated carbocycles. The van der Waals surface area contributed by atoms with E-state index < -0.39 is 11.7 Å². The Bertz CT molecular complexity index is 592. The topological polar surface area (TPSA) is 42.4 Å². The highest BCUT2D eigenvalue weighted by Crippen LogP contribution is 2.30. The highest BCUT2D eigenvalue weighted by molar-refractivity contribution is 5.80. The second-order valence-electron chi connectivity index (χ2n) is 5.85. The molecule has 0 bridgehead atoms. The number of halogens is 3. The highest BCUT2D eigenvalue weighted by Gasteiger charge is 2.36. The van der Waals surface area contributed by atoms with Crippen molar-refractivity contribution in [2.24, 2.45) is 5.92 Å². The molecule has 1 aromatic rings. The highest BCUT2D eigenvalue weighted by atomic mass is 19.4. The van der Waals surface area contributed by atoms with Gasteiger partial charge in [0.05, 0.1) is 18.7 Å². The van der Waals surface area contributed by atoms with Crippen molar-refractivity contribution in [3.05, 3.63) is 36.0 Å². The average Bonchev–Trinajstić information content (AvgIpc) is 2.50. The number of carbonyl (C=O) groups is 1. The van der Waals surface area contributed by atoms with E-state index in [1.54, 1.807) is 4.90 Å². The van der Waals surface area contributed by atoms with Gasteiger partial charge in [-0.15, -0.1) is 0 Å². The molecule has 0 radical (unpaired) electrons. The third-order valence-electron chi connectivity index (χ3n) is 4.13. The minimum atomic E-state index is -4.40. The molecule has 1 amide bonds. The lowest BCUT2D eigenvalue weighted by atomic mass is 9.92. The van der Waals surface area contributed by atoms with Gasteiger partial charge in [0.15, 0.2) is 0 Å². The van der Waals surface area contributed by atoms with E-state index in [0.29, 0.717) is 13.1 Å². The molecule has 4 nitrogen and oxygen atoms in total. The summed E-state index contributed by atoms with van der Waals surface area (Å²) in [7, 11) is 0. The molecule has 23 heavy (non-hydrogen) atoms. The molecule has 0 spiro atoms. The molecule has 0 N–H and O–H groups in total. The molecule has 2 heterocycles. The van der Waals surface area contributed by atoms with Crippen molar-refractivity contribution < 1.29 is 22.7 Å².